The Bertz CT molecular complexity index is 1100. The van der Waals surface area contributed by atoms with E-state index in [1.807, 2.05) is 76.2 Å². The first-order valence-corrected chi connectivity index (χ1v) is 10.8. The molecule has 6 nitrogen and oxygen atoms in total. The first-order chi connectivity index (χ1) is 14.6. The quantitative estimate of drug-likeness (QED) is 0.737. The van der Waals surface area contributed by atoms with Gasteiger partial charge in [0, 0.05) is 22.8 Å². The summed E-state index contributed by atoms with van der Waals surface area (Å²) in [4.78, 5) is 42.2. The summed E-state index contributed by atoms with van der Waals surface area (Å²) in [6.07, 6.45) is 0.565. The Labute approximate surface area is 182 Å². The fraction of sp³-hybridized carbons (Fsp3) is 0.400. The van der Waals surface area contributed by atoms with E-state index in [1.54, 1.807) is 0 Å². The lowest BCUT2D eigenvalue weighted by Crippen LogP contribution is -2.56. The average molecular weight is 418 g/mol. The zero-order valence-corrected chi connectivity index (χ0v) is 18.2. The third-order valence-corrected chi connectivity index (χ3v) is 6.84. The van der Waals surface area contributed by atoms with Gasteiger partial charge >= 0.3 is 0 Å². The topological polar surface area (TPSA) is 78.5 Å². The molecule has 160 valence electrons. The maximum absolute atomic E-state index is 13.7. The fourth-order valence-corrected chi connectivity index (χ4v) is 5.62. The lowest BCUT2D eigenvalue weighted by molar-refractivity contribution is -0.147. The van der Waals surface area contributed by atoms with Crippen molar-refractivity contribution in [3.63, 3.8) is 0 Å². The molecule has 0 unspecified atom stereocenters. The molecule has 3 aliphatic rings. The highest BCUT2D eigenvalue weighted by Crippen LogP contribution is 2.54. The van der Waals surface area contributed by atoms with E-state index in [4.69, 9.17) is 0 Å². The molecule has 6 heteroatoms. The second-order valence-electron chi connectivity index (χ2n) is 9.94. The summed E-state index contributed by atoms with van der Waals surface area (Å²) in [6.45, 7) is 7.56. The van der Waals surface area contributed by atoms with Gasteiger partial charge in [-0.25, -0.2) is 0 Å². The number of carbonyl (C=O) groups excluding carboxylic acids is 3. The van der Waals surface area contributed by atoms with Crippen LogP contribution in [0.4, 0.5) is 5.69 Å². The van der Waals surface area contributed by atoms with E-state index in [-0.39, 0.29) is 23.8 Å². The number of aryl methyl sites for hydroxylation is 1. The first kappa shape index (κ1) is 19.9. The number of imide groups is 1. The van der Waals surface area contributed by atoms with E-state index in [9.17, 15) is 14.4 Å². The van der Waals surface area contributed by atoms with Crippen LogP contribution in [0.25, 0.3) is 0 Å². The van der Waals surface area contributed by atoms with Crippen molar-refractivity contribution in [2.24, 2.45) is 11.8 Å². The molecule has 0 saturated carbocycles. The molecule has 3 amide bonds. The Balaban J connectivity index is 1.68. The zero-order chi connectivity index (χ0) is 22.1. The van der Waals surface area contributed by atoms with Crippen molar-refractivity contribution >= 4 is 23.4 Å². The van der Waals surface area contributed by atoms with Crippen molar-refractivity contribution in [2.45, 2.75) is 51.2 Å². The van der Waals surface area contributed by atoms with E-state index in [1.165, 1.54) is 4.90 Å². The predicted octanol–water partition coefficient (Wildman–Crippen LogP) is 2.76. The van der Waals surface area contributed by atoms with Gasteiger partial charge in [-0.05, 0) is 45.7 Å². The van der Waals surface area contributed by atoms with E-state index in [0.717, 1.165) is 16.7 Å². The summed E-state index contributed by atoms with van der Waals surface area (Å²) in [7, 11) is 0. The molecule has 0 aliphatic carbocycles. The Morgan fingerprint density at radius 1 is 1.00 bits per heavy atom. The smallest absolute Gasteiger partial charge is 0.250 e. The first-order valence-electron chi connectivity index (χ1n) is 10.8. The Kier molecular flexibility index (Phi) is 4.18. The third kappa shape index (κ3) is 2.71. The van der Waals surface area contributed by atoms with Gasteiger partial charge in [0.15, 0.2) is 0 Å². The standard InChI is InChI=1S/C25H27N3O3/c1-14-10-11-17-16(12-14)25(23(31)26-17)20-19(21(29)28(22(20)30)24(2,3)4)18(27-25)13-15-8-6-5-7-9-15/h5-12,18-20,27H,13H2,1-4H3,(H,26,31)/t18-,19-,20+,25+/m1/s1. The second kappa shape index (κ2) is 6.50. The van der Waals surface area contributed by atoms with Crippen molar-refractivity contribution < 1.29 is 14.4 Å². The SMILES string of the molecule is Cc1ccc2c(c1)[C@@]1(N[C@H](Cc3ccccc3)[C@H]3C(=O)N(C(C)(C)C)C(=O)[C@H]31)C(=O)N2. The van der Waals surface area contributed by atoms with Crippen molar-refractivity contribution in [1.29, 1.82) is 0 Å². The molecular weight excluding hydrogens is 390 g/mol. The van der Waals surface area contributed by atoms with Crippen molar-refractivity contribution in [3.05, 3.63) is 65.2 Å². The van der Waals surface area contributed by atoms with Gasteiger partial charge in [0.1, 0.15) is 5.54 Å². The number of hydrogen-bond donors (Lipinski definition) is 2. The van der Waals surface area contributed by atoms with Gasteiger partial charge in [-0.1, -0.05) is 48.0 Å². The molecule has 5 rings (SSSR count). The van der Waals surface area contributed by atoms with Gasteiger partial charge in [-0.3, -0.25) is 24.6 Å². The minimum absolute atomic E-state index is 0.193. The van der Waals surface area contributed by atoms with Crippen LogP contribution >= 0.6 is 0 Å². The molecule has 2 fully saturated rings. The molecule has 0 aromatic heterocycles. The third-order valence-electron chi connectivity index (χ3n) is 6.84. The number of carbonyl (C=O) groups is 3. The Hall–Kier alpha value is -2.99. The summed E-state index contributed by atoms with van der Waals surface area (Å²) in [5.74, 6) is -2.08. The monoisotopic (exact) mass is 417 g/mol. The zero-order valence-electron chi connectivity index (χ0n) is 18.2. The van der Waals surface area contributed by atoms with Gasteiger partial charge in [-0.15, -0.1) is 0 Å². The van der Waals surface area contributed by atoms with Crippen molar-refractivity contribution in [3.8, 4) is 0 Å². The van der Waals surface area contributed by atoms with Crippen LogP contribution in [0.3, 0.4) is 0 Å². The molecule has 2 aromatic rings. The number of nitrogens with zero attached hydrogens (tertiary/aromatic N) is 1. The molecule has 2 aromatic carbocycles. The second-order valence-corrected chi connectivity index (χ2v) is 9.94. The molecular formula is C25H27N3O3. The minimum Gasteiger partial charge on any atom is -0.324 e. The lowest BCUT2D eigenvalue weighted by atomic mass is 9.76. The molecule has 1 spiro atoms. The van der Waals surface area contributed by atoms with Crippen LogP contribution in [0, 0.1) is 18.8 Å². The normalized spacial score (nSPS) is 29.5. The summed E-state index contributed by atoms with van der Waals surface area (Å²) < 4.78 is 0. The number of rotatable bonds is 2. The van der Waals surface area contributed by atoms with Crippen LogP contribution in [-0.4, -0.2) is 34.2 Å². The molecule has 3 heterocycles. The predicted molar refractivity (Wildman–Crippen MR) is 117 cm³/mol. The number of nitrogens with one attached hydrogen (secondary N) is 2. The molecule has 0 radical (unpaired) electrons. The molecule has 2 saturated heterocycles. The number of likely N-dealkylation sites (tertiary alicyclic amines) is 1. The molecule has 4 atom stereocenters. The maximum atomic E-state index is 13.7. The minimum atomic E-state index is -1.24. The average Bonchev–Trinajstić information content (AvgIpc) is 3.27. The fourth-order valence-electron chi connectivity index (χ4n) is 5.62. The molecule has 31 heavy (non-hydrogen) atoms. The van der Waals surface area contributed by atoms with Crippen LogP contribution < -0.4 is 10.6 Å². The summed E-state index contributed by atoms with van der Waals surface area (Å²) in [5.41, 5.74) is 1.65. The number of fused-ring (bicyclic) bond motifs is 4. The van der Waals surface area contributed by atoms with Gasteiger partial charge in [0.2, 0.25) is 17.7 Å². The highest BCUT2D eigenvalue weighted by Gasteiger charge is 2.71. The Morgan fingerprint density at radius 2 is 1.71 bits per heavy atom. The molecule has 2 N–H and O–H groups in total. The van der Waals surface area contributed by atoms with Gasteiger partial charge in [0.25, 0.3) is 0 Å². The van der Waals surface area contributed by atoms with Gasteiger partial charge in [-0.2, -0.15) is 0 Å². The van der Waals surface area contributed by atoms with Gasteiger partial charge < -0.3 is 5.32 Å². The number of amides is 3. The number of hydrogen-bond acceptors (Lipinski definition) is 4. The lowest BCUT2D eigenvalue weighted by Gasteiger charge is -2.34. The van der Waals surface area contributed by atoms with E-state index in [0.29, 0.717) is 12.1 Å². The highest BCUT2D eigenvalue weighted by atomic mass is 16.2. The van der Waals surface area contributed by atoms with Crippen LogP contribution in [0.1, 0.15) is 37.5 Å². The van der Waals surface area contributed by atoms with E-state index in [2.05, 4.69) is 10.6 Å². The number of anilines is 1. The van der Waals surface area contributed by atoms with Crippen molar-refractivity contribution in [2.75, 3.05) is 5.32 Å². The highest BCUT2D eigenvalue weighted by molar-refractivity contribution is 6.15. The maximum Gasteiger partial charge on any atom is 0.250 e. The Morgan fingerprint density at radius 3 is 2.39 bits per heavy atom. The summed E-state index contributed by atoms with van der Waals surface area (Å²) in [5, 5.41) is 6.46. The van der Waals surface area contributed by atoms with Crippen LogP contribution in [0.5, 0.6) is 0 Å². The van der Waals surface area contributed by atoms with Crippen LogP contribution in [0.15, 0.2) is 48.5 Å². The largest absolute Gasteiger partial charge is 0.324 e. The van der Waals surface area contributed by atoms with Crippen molar-refractivity contribution in [1.82, 2.24) is 10.2 Å². The summed E-state index contributed by atoms with van der Waals surface area (Å²) >= 11 is 0. The van der Waals surface area contributed by atoms with Crippen LogP contribution in [0.2, 0.25) is 0 Å². The van der Waals surface area contributed by atoms with Gasteiger partial charge in [0.05, 0.1) is 11.8 Å². The molecule has 0 bridgehead atoms. The number of benzene rings is 2. The van der Waals surface area contributed by atoms with Crippen LogP contribution in [-0.2, 0) is 26.3 Å². The van der Waals surface area contributed by atoms with E-state index < -0.39 is 22.9 Å². The van der Waals surface area contributed by atoms with E-state index >= 15 is 0 Å². The summed E-state index contributed by atoms with van der Waals surface area (Å²) in [6, 6.07) is 15.3. The molecule has 3 aliphatic heterocycles.